The van der Waals surface area contributed by atoms with E-state index in [-0.39, 0.29) is 5.48 Å². The number of rotatable bonds is 0. The predicted molar refractivity (Wildman–Crippen MR) is 22.0 cm³/mol. The molecule has 0 unspecified atom stereocenters. The molecule has 1 aliphatic carbocycles. The zero-order chi connectivity index (χ0) is 2.83. The molecule has 30 valence electrons. The maximum Gasteiger partial charge on any atom is -0.0316 e. The summed E-state index contributed by atoms with van der Waals surface area (Å²) in [5.41, 5.74) is 0. The van der Waals surface area contributed by atoms with Crippen molar-refractivity contribution >= 4 is 0 Å². The lowest BCUT2D eigenvalue weighted by atomic mass is 10.1. The summed E-state index contributed by atoms with van der Waals surface area (Å²) in [4.78, 5) is 0. The minimum absolute atomic E-state index is 0. The van der Waals surface area contributed by atoms with Crippen molar-refractivity contribution in [2.75, 3.05) is 0 Å². The van der Waals surface area contributed by atoms with Crippen molar-refractivity contribution in [1.29, 1.82) is 0 Å². The molecular formula is C4H8O. The van der Waals surface area contributed by atoms with Crippen LogP contribution in [0.3, 0.4) is 0 Å². The molecule has 1 rings (SSSR count). The fourth-order valence-corrected chi connectivity index (χ4v) is 0.167. The van der Waals surface area contributed by atoms with Gasteiger partial charge in [0.15, 0.2) is 0 Å². The molecule has 0 aromatic heterocycles. The summed E-state index contributed by atoms with van der Waals surface area (Å²) in [6.07, 6.45) is 7.00. The molecule has 0 amide bonds. The van der Waals surface area contributed by atoms with Gasteiger partial charge in [0.05, 0.1) is 0 Å². The second-order valence-corrected chi connectivity index (χ2v) is 1.05. The minimum Gasteiger partial charge on any atom is -0.412 e. The molecular weight excluding hydrogens is 64.0 g/mol. The van der Waals surface area contributed by atoms with Gasteiger partial charge in [-0.05, 0) is 12.8 Å². The molecule has 0 saturated heterocycles. The summed E-state index contributed by atoms with van der Waals surface area (Å²) in [5.74, 6) is 0. The maximum atomic E-state index is 2.18. The lowest BCUT2D eigenvalue weighted by Crippen LogP contribution is -1.71. The Kier molecular flexibility index (Phi) is 1.85. The molecule has 0 aromatic carbocycles. The van der Waals surface area contributed by atoms with Crippen molar-refractivity contribution in [2.24, 2.45) is 0 Å². The van der Waals surface area contributed by atoms with Crippen LogP contribution >= 0.6 is 0 Å². The first-order valence-corrected chi connectivity index (χ1v) is 1.65. The fraction of sp³-hybridized carbons (Fsp3) is 0.500. The SMILES string of the molecule is C1=CCC1.O. The van der Waals surface area contributed by atoms with E-state index in [2.05, 4.69) is 12.2 Å². The molecule has 5 heavy (non-hydrogen) atoms. The average Bonchev–Trinajstić information content (AvgIpc) is 0.722. The molecule has 1 heteroatoms. The van der Waals surface area contributed by atoms with E-state index < -0.39 is 0 Å². The summed E-state index contributed by atoms with van der Waals surface area (Å²) in [7, 11) is 0. The highest BCUT2D eigenvalue weighted by atomic mass is 16.0. The number of hydrogen-bond donors (Lipinski definition) is 0. The smallest absolute Gasteiger partial charge is 0.0316 e. The minimum atomic E-state index is 0. The summed E-state index contributed by atoms with van der Waals surface area (Å²) in [5, 5.41) is 0. The van der Waals surface area contributed by atoms with Gasteiger partial charge in [-0.25, -0.2) is 0 Å². The standard InChI is InChI=1S/C4H6.H2O/c1-2-4-3-1;/h1-2H,3-4H2;1H2. The molecule has 0 aliphatic heterocycles. The largest absolute Gasteiger partial charge is 0.412 e. The lowest BCUT2D eigenvalue weighted by Gasteiger charge is -1.92. The molecule has 0 heterocycles. The lowest BCUT2D eigenvalue weighted by molar-refractivity contribution is 0.824. The van der Waals surface area contributed by atoms with E-state index >= 15 is 0 Å². The van der Waals surface area contributed by atoms with Crippen molar-refractivity contribution < 1.29 is 5.48 Å². The van der Waals surface area contributed by atoms with Crippen molar-refractivity contribution in [3.05, 3.63) is 12.2 Å². The van der Waals surface area contributed by atoms with E-state index in [9.17, 15) is 0 Å². The molecule has 0 aromatic rings. The third-order valence-corrected chi connectivity index (χ3v) is 0.667. The van der Waals surface area contributed by atoms with Crippen LogP contribution in [0, 0.1) is 0 Å². The van der Waals surface area contributed by atoms with E-state index in [4.69, 9.17) is 0 Å². The Bertz CT molecular complexity index is 32.9. The Morgan fingerprint density at radius 2 is 1.20 bits per heavy atom. The van der Waals surface area contributed by atoms with Gasteiger partial charge in [-0.3, -0.25) is 0 Å². The van der Waals surface area contributed by atoms with Crippen LogP contribution in [0.1, 0.15) is 12.8 Å². The highest BCUT2D eigenvalue weighted by molar-refractivity contribution is 4.92. The van der Waals surface area contributed by atoms with Gasteiger partial charge in [0.25, 0.3) is 0 Å². The molecule has 0 spiro atoms. The van der Waals surface area contributed by atoms with Crippen molar-refractivity contribution in [3.8, 4) is 0 Å². The maximum absolute atomic E-state index is 2.18. The quantitative estimate of drug-likeness (QED) is 0.373. The molecule has 1 nitrogen and oxygen atoms in total. The van der Waals surface area contributed by atoms with Crippen LogP contribution in [0.4, 0.5) is 0 Å². The van der Waals surface area contributed by atoms with E-state index in [1.165, 1.54) is 12.8 Å². The summed E-state index contributed by atoms with van der Waals surface area (Å²) in [6, 6.07) is 0. The van der Waals surface area contributed by atoms with E-state index in [0.29, 0.717) is 0 Å². The number of allylic oxidation sites excluding steroid dienone is 2. The summed E-state index contributed by atoms with van der Waals surface area (Å²) < 4.78 is 0. The zero-order valence-electron chi connectivity index (χ0n) is 3.07. The van der Waals surface area contributed by atoms with Gasteiger partial charge < -0.3 is 5.48 Å². The first kappa shape index (κ1) is 4.70. The number of hydrogen-bond acceptors (Lipinski definition) is 0. The molecule has 0 saturated carbocycles. The Labute approximate surface area is 31.6 Å². The second-order valence-electron chi connectivity index (χ2n) is 1.05. The highest BCUT2D eigenvalue weighted by Gasteiger charge is 1.81. The molecule has 0 atom stereocenters. The first-order valence-electron chi connectivity index (χ1n) is 1.65. The molecule has 0 fully saturated rings. The molecule has 0 bridgehead atoms. The summed E-state index contributed by atoms with van der Waals surface area (Å²) >= 11 is 0. The van der Waals surface area contributed by atoms with Crippen LogP contribution in [0.5, 0.6) is 0 Å². The zero-order valence-corrected chi connectivity index (χ0v) is 3.07. The van der Waals surface area contributed by atoms with Crippen LogP contribution in [-0.4, -0.2) is 5.48 Å². The Balaban J connectivity index is 0.000000160. The van der Waals surface area contributed by atoms with Gasteiger partial charge in [0, 0.05) is 0 Å². The van der Waals surface area contributed by atoms with Gasteiger partial charge in [-0.15, -0.1) is 0 Å². The van der Waals surface area contributed by atoms with Gasteiger partial charge in [-0.2, -0.15) is 0 Å². The molecule has 0 radical (unpaired) electrons. The Hall–Kier alpha value is -0.300. The van der Waals surface area contributed by atoms with Gasteiger partial charge >= 0.3 is 0 Å². The van der Waals surface area contributed by atoms with Gasteiger partial charge in [-0.1, -0.05) is 12.2 Å². The Morgan fingerprint density at radius 3 is 1.20 bits per heavy atom. The molecule has 1 aliphatic rings. The first-order chi connectivity index (χ1) is 2.00. The second kappa shape index (κ2) is 1.97. The van der Waals surface area contributed by atoms with Gasteiger partial charge in [0.1, 0.15) is 0 Å². The normalized spacial score (nSPS) is 16.0. The van der Waals surface area contributed by atoms with Crippen molar-refractivity contribution in [2.45, 2.75) is 12.8 Å². The topological polar surface area (TPSA) is 31.5 Å². The molecule has 2 N–H and O–H groups in total. The Morgan fingerprint density at radius 1 is 1.00 bits per heavy atom. The fourth-order valence-electron chi connectivity index (χ4n) is 0.167. The van der Waals surface area contributed by atoms with Crippen LogP contribution in [0.15, 0.2) is 12.2 Å². The van der Waals surface area contributed by atoms with Crippen molar-refractivity contribution in [3.63, 3.8) is 0 Å². The van der Waals surface area contributed by atoms with E-state index in [1.807, 2.05) is 0 Å². The van der Waals surface area contributed by atoms with Crippen LogP contribution < -0.4 is 0 Å². The third kappa shape index (κ3) is 0.781. The predicted octanol–water partition coefficient (Wildman–Crippen LogP) is 0.512. The van der Waals surface area contributed by atoms with Gasteiger partial charge in [0.2, 0.25) is 0 Å². The van der Waals surface area contributed by atoms with E-state index in [0.717, 1.165) is 0 Å². The summed E-state index contributed by atoms with van der Waals surface area (Å²) in [6.45, 7) is 0. The monoisotopic (exact) mass is 72.1 g/mol. The van der Waals surface area contributed by atoms with Crippen LogP contribution in [0.25, 0.3) is 0 Å². The highest BCUT2D eigenvalue weighted by Crippen LogP contribution is 2.01. The van der Waals surface area contributed by atoms with Crippen LogP contribution in [-0.2, 0) is 0 Å². The van der Waals surface area contributed by atoms with E-state index in [1.54, 1.807) is 0 Å². The average molecular weight is 72.1 g/mol. The van der Waals surface area contributed by atoms with Crippen molar-refractivity contribution in [1.82, 2.24) is 0 Å². The third-order valence-electron chi connectivity index (χ3n) is 0.667. The van der Waals surface area contributed by atoms with Crippen LogP contribution in [0.2, 0.25) is 0 Å².